The molecule has 0 unspecified atom stereocenters. The van der Waals surface area contributed by atoms with Crippen molar-refractivity contribution in [2.45, 2.75) is 69.2 Å². The summed E-state index contributed by atoms with van der Waals surface area (Å²) in [7, 11) is 0. The lowest BCUT2D eigenvalue weighted by molar-refractivity contribution is 1.35. The molecule has 0 amide bonds. The largest absolute Gasteiger partial charge is 0.134 e. The molecular formula is C54H56S. The van der Waals surface area contributed by atoms with Crippen molar-refractivity contribution in [1.82, 2.24) is 0 Å². The Morgan fingerprint density at radius 2 is 0.836 bits per heavy atom. The van der Waals surface area contributed by atoms with Crippen LogP contribution in [-0.2, 0) is 0 Å². The van der Waals surface area contributed by atoms with E-state index < -0.39 is 0 Å². The zero-order valence-electron chi connectivity index (χ0n) is 34.4. The van der Waals surface area contributed by atoms with Crippen molar-refractivity contribution in [2.75, 3.05) is 0 Å². The van der Waals surface area contributed by atoms with Gasteiger partial charge in [-0.2, -0.15) is 0 Å². The molecule has 0 saturated heterocycles. The van der Waals surface area contributed by atoms with Crippen LogP contribution in [0.15, 0.2) is 158 Å². The number of benzene rings is 8. The summed E-state index contributed by atoms with van der Waals surface area (Å²) in [5, 5.41) is 8.13. The molecule has 8 aromatic carbocycles. The van der Waals surface area contributed by atoms with Gasteiger partial charge in [0, 0.05) is 25.6 Å². The first-order valence-electron chi connectivity index (χ1n) is 19.8. The third-order valence-electron chi connectivity index (χ3n) is 9.95. The first-order chi connectivity index (χ1) is 26.8. The Hall–Kier alpha value is -5.50. The lowest BCUT2D eigenvalue weighted by atomic mass is 9.86. The van der Waals surface area contributed by atoms with Crippen LogP contribution in [0.1, 0.15) is 61.1 Å². The molecule has 0 atom stereocenters. The summed E-state index contributed by atoms with van der Waals surface area (Å²) in [6.07, 6.45) is 0. The molecule has 1 aromatic heterocycles. The van der Waals surface area contributed by atoms with E-state index >= 15 is 0 Å². The van der Waals surface area contributed by atoms with E-state index in [4.69, 9.17) is 0 Å². The lowest BCUT2D eigenvalue weighted by Crippen LogP contribution is -1.95. The molecule has 1 heteroatoms. The van der Waals surface area contributed by atoms with Crippen molar-refractivity contribution in [3.63, 3.8) is 0 Å². The Labute approximate surface area is 334 Å². The lowest BCUT2D eigenvalue weighted by Gasteiger charge is -2.18. The van der Waals surface area contributed by atoms with Gasteiger partial charge in [0.2, 0.25) is 0 Å². The van der Waals surface area contributed by atoms with Gasteiger partial charge in [0.05, 0.1) is 0 Å². The minimum absolute atomic E-state index is 1.31. The standard InChI is InChI=1S/C36H28S.2C7H8.2C2H6/c1-21-11-5-6-12-25(21)26-18-17-22(2)34(24(26)4)31-20-32-33(19-23(31)3)37-36-30-16-10-8-14-28(30)27-13-7-9-15-29(27)35(32)36;2*1-7-5-3-2-4-6-7;2*1-2/h5-20H,1-4H3;2*2-6H,1H3;2*1-2H3. The van der Waals surface area contributed by atoms with Gasteiger partial charge in [0.25, 0.3) is 0 Å². The maximum absolute atomic E-state index is 2.47. The van der Waals surface area contributed by atoms with Crippen LogP contribution >= 0.6 is 11.3 Å². The fourth-order valence-corrected chi connectivity index (χ4v) is 8.66. The van der Waals surface area contributed by atoms with Gasteiger partial charge in [-0.15, -0.1) is 11.3 Å². The van der Waals surface area contributed by atoms with Crippen LogP contribution in [0.5, 0.6) is 0 Å². The van der Waals surface area contributed by atoms with E-state index in [0.717, 1.165) is 0 Å². The second kappa shape index (κ2) is 19.2. The fraction of sp³-hybridized carbons (Fsp3) is 0.185. The summed E-state index contributed by atoms with van der Waals surface area (Å²) >= 11 is 1.93. The van der Waals surface area contributed by atoms with Crippen molar-refractivity contribution in [1.29, 1.82) is 0 Å². The molecule has 0 spiro atoms. The molecule has 1 heterocycles. The topological polar surface area (TPSA) is 0 Å². The van der Waals surface area contributed by atoms with Crippen LogP contribution in [0.4, 0.5) is 0 Å². The van der Waals surface area contributed by atoms with E-state index in [0.29, 0.717) is 0 Å². The maximum Gasteiger partial charge on any atom is 0.0440 e. The quantitative estimate of drug-likeness (QED) is 0.155. The Balaban J connectivity index is 0.000000267. The molecule has 0 N–H and O–H groups in total. The number of fused-ring (bicyclic) bond motifs is 8. The predicted molar refractivity (Wildman–Crippen MR) is 249 cm³/mol. The molecule has 0 bridgehead atoms. The van der Waals surface area contributed by atoms with Crippen LogP contribution in [-0.4, -0.2) is 0 Å². The third kappa shape index (κ3) is 8.91. The number of hydrogen-bond acceptors (Lipinski definition) is 1. The van der Waals surface area contributed by atoms with Crippen molar-refractivity contribution in [2.24, 2.45) is 0 Å². The average molecular weight is 737 g/mol. The molecule has 0 nitrogen and oxygen atoms in total. The van der Waals surface area contributed by atoms with Crippen molar-refractivity contribution in [3.8, 4) is 22.3 Å². The Kier molecular flexibility index (Phi) is 14.2. The SMILES string of the molecule is CC.CC.Cc1ccccc1.Cc1ccccc1.Cc1ccccc1-c1ccc(C)c(-c2cc3c(cc2C)sc2c4ccccc4c4ccccc4c32)c1C. The summed E-state index contributed by atoms with van der Waals surface area (Å²) in [4.78, 5) is 0. The zero-order chi connectivity index (χ0) is 39.5. The second-order valence-electron chi connectivity index (χ2n) is 13.6. The van der Waals surface area contributed by atoms with E-state index in [1.807, 2.05) is 75.4 Å². The Bertz CT molecular complexity index is 2590. The molecule has 0 saturated carbocycles. The Morgan fingerprint density at radius 1 is 0.345 bits per heavy atom. The molecule has 278 valence electrons. The summed E-state index contributed by atoms with van der Waals surface area (Å²) in [6, 6.07) is 56.5. The summed E-state index contributed by atoms with van der Waals surface area (Å²) in [5.41, 5.74) is 13.3. The van der Waals surface area contributed by atoms with E-state index in [1.54, 1.807) is 0 Å². The van der Waals surface area contributed by atoms with Gasteiger partial charge in [0.1, 0.15) is 0 Å². The minimum Gasteiger partial charge on any atom is -0.134 e. The van der Waals surface area contributed by atoms with Gasteiger partial charge in [-0.05, 0) is 114 Å². The monoisotopic (exact) mass is 736 g/mol. The molecule has 0 radical (unpaired) electrons. The molecule has 0 aliphatic heterocycles. The molecule has 9 aromatic rings. The minimum atomic E-state index is 1.31. The third-order valence-corrected chi connectivity index (χ3v) is 11.1. The Morgan fingerprint density at radius 3 is 1.38 bits per heavy atom. The summed E-state index contributed by atoms with van der Waals surface area (Å²) in [6.45, 7) is 21.2. The predicted octanol–water partition coefficient (Wildman–Crippen LogP) is 17.0. The highest BCUT2D eigenvalue weighted by atomic mass is 32.1. The van der Waals surface area contributed by atoms with Crippen molar-refractivity contribution < 1.29 is 0 Å². The molecule has 9 rings (SSSR count). The molecule has 0 aliphatic carbocycles. The van der Waals surface area contributed by atoms with Gasteiger partial charge in [-0.1, -0.05) is 184 Å². The van der Waals surface area contributed by atoms with E-state index in [1.165, 1.54) is 97.4 Å². The molecular weight excluding hydrogens is 681 g/mol. The fourth-order valence-electron chi connectivity index (χ4n) is 7.32. The van der Waals surface area contributed by atoms with Gasteiger partial charge >= 0.3 is 0 Å². The number of rotatable bonds is 2. The van der Waals surface area contributed by atoms with Crippen LogP contribution < -0.4 is 0 Å². The highest BCUT2D eigenvalue weighted by Crippen LogP contribution is 2.46. The maximum atomic E-state index is 2.47. The van der Waals surface area contributed by atoms with E-state index in [9.17, 15) is 0 Å². The van der Waals surface area contributed by atoms with Crippen molar-refractivity contribution >= 4 is 53.1 Å². The normalized spacial score (nSPS) is 10.4. The highest BCUT2D eigenvalue weighted by Gasteiger charge is 2.18. The smallest absolute Gasteiger partial charge is 0.0440 e. The zero-order valence-corrected chi connectivity index (χ0v) is 35.2. The summed E-state index contributed by atoms with van der Waals surface area (Å²) in [5.74, 6) is 0. The molecule has 0 aliphatic rings. The van der Waals surface area contributed by atoms with Gasteiger partial charge in [0.15, 0.2) is 0 Å². The second-order valence-corrected chi connectivity index (χ2v) is 14.7. The van der Waals surface area contributed by atoms with Gasteiger partial charge in [-0.3, -0.25) is 0 Å². The van der Waals surface area contributed by atoms with E-state index in [2.05, 4.69) is 163 Å². The first-order valence-corrected chi connectivity index (χ1v) is 20.6. The van der Waals surface area contributed by atoms with Crippen LogP contribution in [0.25, 0.3) is 64.0 Å². The highest BCUT2D eigenvalue weighted by molar-refractivity contribution is 7.27. The van der Waals surface area contributed by atoms with Crippen LogP contribution in [0.3, 0.4) is 0 Å². The van der Waals surface area contributed by atoms with Crippen molar-refractivity contribution in [3.05, 3.63) is 191 Å². The number of hydrogen-bond donors (Lipinski definition) is 0. The summed E-state index contributed by atoms with van der Waals surface area (Å²) < 4.78 is 2.76. The van der Waals surface area contributed by atoms with Crippen LogP contribution in [0, 0.1) is 41.5 Å². The van der Waals surface area contributed by atoms with Gasteiger partial charge in [-0.25, -0.2) is 0 Å². The molecule has 0 fully saturated rings. The number of thiophene rings is 1. The molecule has 55 heavy (non-hydrogen) atoms. The van der Waals surface area contributed by atoms with Crippen LogP contribution in [0.2, 0.25) is 0 Å². The number of aryl methyl sites for hydroxylation is 5. The van der Waals surface area contributed by atoms with E-state index in [-0.39, 0.29) is 0 Å². The van der Waals surface area contributed by atoms with Gasteiger partial charge < -0.3 is 0 Å². The average Bonchev–Trinajstić information content (AvgIpc) is 3.60. The first kappa shape index (κ1) is 40.7.